The van der Waals surface area contributed by atoms with E-state index in [1.807, 2.05) is 0 Å². The Balaban J connectivity index is 2.01. The highest BCUT2D eigenvalue weighted by atomic mass is 32.2. The molecule has 0 aliphatic carbocycles. The quantitative estimate of drug-likeness (QED) is 0.699. The Morgan fingerprint density at radius 3 is 3.00 bits per heavy atom. The largest absolute Gasteiger partial charge is 0.313 e. The van der Waals surface area contributed by atoms with Crippen LogP contribution in [0.2, 0.25) is 0 Å². The summed E-state index contributed by atoms with van der Waals surface area (Å²) in [6.45, 7) is 5.78. The van der Waals surface area contributed by atoms with E-state index in [0.29, 0.717) is 0 Å². The molecule has 0 aromatic rings. The number of nitrogens with one attached hydrogen (secondary N) is 1. The van der Waals surface area contributed by atoms with Crippen molar-refractivity contribution in [2.75, 3.05) is 18.1 Å². The van der Waals surface area contributed by atoms with Crippen molar-refractivity contribution in [2.24, 2.45) is 5.92 Å². The van der Waals surface area contributed by atoms with Crippen molar-refractivity contribution < 1.29 is 0 Å². The Bertz CT molecular complexity index is 99.7. The SMILES string of the molecule is CCC(C)CNC1CCSC1. The van der Waals surface area contributed by atoms with Gasteiger partial charge in [-0.15, -0.1) is 0 Å². The second-order valence-electron chi connectivity index (χ2n) is 3.48. The van der Waals surface area contributed by atoms with Crippen LogP contribution in [0.4, 0.5) is 0 Å². The van der Waals surface area contributed by atoms with E-state index in [2.05, 4.69) is 30.9 Å². The first-order chi connectivity index (χ1) is 5.33. The molecule has 1 saturated heterocycles. The highest BCUT2D eigenvalue weighted by Crippen LogP contribution is 2.17. The van der Waals surface area contributed by atoms with Crippen LogP contribution in [0, 0.1) is 5.92 Å². The fraction of sp³-hybridized carbons (Fsp3) is 1.00. The lowest BCUT2D eigenvalue weighted by Gasteiger charge is -2.14. The molecule has 1 N–H and O–H groups in total. The molecular weight excluding hydrogens is 154 g/mol. The summed E-state index contributed by atoms with van der Waals surface area (Å²) in [7, 11) is 0. The van der Waals surface area contributed by atoms with Crippen molar-refractivity contribution in [2.45, 2.75) is 32.7 Å². The van der Waals surface area contributed by atoms with Crippen LogP contribution in [-0.2, 0) is 0 Å². The molecule has 1 nitrogen and oxygen atoms in total. The molecule has 2 atom stereocenters. The van der Waals surface area contributed by atoms with Gasteiger partial charge in [-0.05, 0) is 24.6 Å². The molecule has 1 heterocycles. The number of thioether (sulfide) groups is 1. The lowest BCUT2D eigenvalue weighted by molar-refractivity contribution is 0.457. The van der Waals surface area contributed by atoms with Gasteiger partial charge in [-0.2, -0.15) is 11.8 Å². The van der Waals surface area contributed by atoms with E-state index >= 15 is 0 Å². The molecular formula is C9H19NS. The summed E-state index contributed by atoms with van der Waals surface area (Å²) in [5.74, 6) is 3.54. The highest BCUT2D eigenvalue weighted by molar-refractivity contribution is 7.99. The van der Waals surface area contributed by atoms with Crippen molar-refractivity contribution in [3.05, 3.63) is 0 Å². The standard InChI is InChI=1S/C9H19NS/c1-3-8(2)6-10-9-4-5-11-7-9/h8-10H,3-7H2,1-2H3. The van der Waals surface area contributed by atoms with Crippen molar-refractivity contribution in [1.82, 2.24) is 5.32 Å². The summed E-state index contributed by atoms with van der Waals surface area (Å²) in [6.07, 6.45) is 2.67. The van der Waals surface area contributed by atoms with Crippen LogP contribution in [0.15, 0.2) is 0 Å². The van der Waals surface area contributed by atoms with Gasteiger partial charge in [-0.1, -0.05) is 20.3 Å². The fourth-order valence-corrected chi connectivity index (χ4v) is 2.39. The van der Waals surface area contributed by atoms with E-state index in [1.165, 1.54) is 30.9 Å². The summed E-state index contributed by atoms with van der Waals surface area (Å²) < 4.78 is 0. The molecule has 0 aromatic heterocycles. The van der Waals surface area contributed by atoms with Gasteiger partial charge in [-0.25, -0.2) is 0 Å². The predicted molar refractivity (Wildman–Crippen MR) is 53.2 cm³/mol. The molecule has 1 fully saturated rings. The summed E-state index contributed by atoms with van der Waals surface area (Å²) in [6, 6.07) is 0.814. The predicted octanol–water partition coefficient (Wildman–Crippen LogP) is 2.13. The Kier molecular flexibility index (Phi) is 4.31. The van der Waals surface area contributed by atoms with Crippen LogP contribution in [0.1, 0.15) is 26.7 Å². The molecule has 0 saturated carbocycles. The van der Waals surface area contributed by atoms with Gasteiger partial charge >= 0.3 is 0 Å². The Morgan fingerprint density at radius 1 is 1.64 bits per heavy atom. The molecule has 1 rings (SSSR count). The monoisotopic (exact) mass is 173 g/mol. The fourth-order valence-electron chi connectivity index (χ4n) is 1.21. The molecule has 1 aliphatic rings. The average Bonchev–Trinajstić information content (AvgIpc) is 2.52. The van der Waals surface area contributed by atoms with Gasteiger partial charge in [0.15, 0.2) is 0 Å². The van der Waals surface area contributed by atoms with E-state index in [1.54, 1.807) is 0 Å². The van der Waals surface area contributed by atoms with Crippen LogP contribution < -0.4 is 5.32 Å². The van der Waals surface area contributed by atoms with Crippen LogP contribution in [0.25, 0.3) is 0 Å². The van der Waals surface area contributed by atoms with E-state index in [-0.39, 0.29) is 0 Å². The van der Waals surface area contributed by atoms with Gasteiger partial charge in [0.1, 0.15) is 0 Å². The molecule has 0 amide bonds. The normalized spacial score (nSPS) is 27.3. The summed E-state index contributed by atoms with van der Waals surface area (Å²) in [4.78, 5) is 0. The number of hydrogen-bond donors (Lipinski definition) is 1. The smallest absolute Gasteiger partial charge is 0.0166 e. The lowest BCUT2D eigenvalue weighted by atomic mass is 10.1. The maximum atomic E-state index is 3.61. The van der Waals surface area contributed by atoms with Gasteiger partial charge in [0, 0.05) is 11.8 Å². The topological polar surface area (TPSA) is 12.0 Å². The van der Waals surface area contributed by atoms with Crippen molar-refractivity contribution in [1.29, 1.82) is 0 Å². The highest BCUT2D eigenvalue weighted by Gasteiger charge is 2.14. The zero-order chi connectivity index (χ0) is 8.10. The lowest BCUT2D eigenvalue weighted by Crippen LogP contribution is -2.32. The van der Waals surface area contributed by atoms with E-state index in [9.17, 15) is 0 Å². The minimum absolute atomic E-state index is 0.814. The number of rotatable bonds is 4. The minimum Gasteiger partial charge on any atom is -0.313 e. The first-order valence-corrected chi connectivity index (χ1v) is 5.79. The second-order valence-corrected chi connectivity index (χ2v) is 4.63. The van der Waals surface area contributed by atoms with E-state index in [4.69, 9.17) is 0 Å². The van der Waals surface area contributed by atoms with Crippen molar-refractivity contribution >= 4 is 11.8 Å². The Hall–Kier alpha value is 0.310. The third kappa shape index (κ3) is 3.48. The van der Waals surface area contributed by atoms with Gasteiger partial charge in [0.05, 0.1) is 0 Å². The Morgan fingerprint density at radius 2 is 2.45 bits per heavy atom. The van der Waals surface area contributed by atoms with E-state index < -0.39 is 0 Å². The van der Waals surface area contributed by atoms with Crippen LogP contribution in [0.5, 0.6) is 0 Å². The summed E-state index contributed by atoms with van der Waals surface area (Å²) in [5, 5.41) is 3.61. The third-order valence-electron chi connectivity index (χ3n) is 2.38. The molecule has 2 unspecified atom stereocenters. The zero-order valence-electron chi connectivity index (χ0n) is 7.60. The second kappa shape index (κ2) is 5.04. The maximum absolute atomic E-state index is 3.61. The van der Waals surface area contributed by atoms with Crippen molar-refractivity contribution in [3.8, 4) is 0 Å². The van der Waals surface area contributed by atoms with Crippen LogP contribution in [-0.4, -0.2) is 24.1 Å². The molecule has 66 valence electrons. The maximum Gasteiger partial charge on any atom is 0.0166 e. The average molecular weight is 173 g/mol. The molecule has 0 bridgehead atoms. The van der Waals surface area contributed by atoms with Gasteiger partial charge in [0.2, 0.25) is 0 Å². The molecule has 0 radical (unpaired) electrons. The van der Waals surface area contributed by atoms with Crippen LogP contribution >= 0.6 is 11.8 Å². The van der Waals surface area contributed by atoms with Gasteiger partial charge in [-0.3, -0.25) is 0 Å². The summed E-state index contributed by atoms with van der Waals surface area (Å²) >= 11 is 2.08. The minimum atomic E-state index is 0.814. The molecule has 0 aromatic carbocycles. The van der Waals surface area contributed by atoms with Gasteiger partial charge in [0.25, 0.3) is 0 Å². The van der Waals surface area contributed by atoms with E-state index in [0.717, 1.165) is 12.0 Å². The van der Waals surface area contributed by atoms with Crippen molar-refractivity contribution in [3.63, 3.8) is 0 Å². The number of hydrogen-bond acceptors (Lipinski definition) is 2. The third-order valence-corrected chi connectivity index (χ3v) is 3.54. The zero-order valence-corrected chi connectivity index (χ0v) is 8.41. The molecule has 11 heavy (non-hydrogen) atoms. The summed E-state index contributed by atoms with van der Waals surface area (Å²) in [5.41, 5.74) is 0. The van der Waals surface area contributed by atoms with Crippen LogP contribution in [0.3, 0.4) is 0 Å². The molecule has 2 heteroatoms. The molecule has 0 spiro atoms. The first-order valence-electron chi connectivity index (χ1n) is 4.64. The Labute approximate surface area is 74.3 Å². The van der Waals surface area contributed by atoms with Gasteiger partial charge < -0.3 is 5.32 Å². The molecule has 1 aliphatic heterocycles. The first kappa shape index (κ1) is 9.40.